The van der Waals surface area contributed by atoms with Gasteiger partial charge < -0.3 is 9.15 Å². The first kappa shape index (κ1) is 21.2. The highest BCUT2D eigenvalue weighted by atomic mass is 19.4. The highest BCUT2D eigenvalue weighted by molar-refractivity contribution is 5.95. The molecular formula is C27H17F3N2O3. The number of nitrogens with zero attached hydrogens (tertiary/aromatic N) is 2. The number of fused-ring (bicyclic) bond motifs is 4. The Bertz CT molecular complexity index is 1570. The zero-order valence-electron chi connectivity index (χ0n) is 18.2. The molecule has 8 heteroatoms. The molecule has 2 heterocycles. The number of benzene rings is 3. The van der Waals surface area contributed by atoms with Crippen LogP contribution in [-0.2, 0) is 19.0 Å². The number of carbonyl (C=O) groups excluding carboxylic acids is 1. The van der Waals surface area contributed by atoms with Gasteiger partial charge in [0, 0.05) is 22.9 Å². The van der Waals surface area contributed by atoms with Crippen molar-refractivity contribution in [1.29, 1.82) is 0 Å². The fourth-order valence-corrected chi connectivity index (χ4v) is 4.54. The molecule has 0 unspecified atom stereocenters. The first-order valence-electron chi connectivity index (χ1n) is 11.0. The van der Waals surface area contributed by atoms with Crippen LogP contribution in [0.2, 0.25) is 0 Å². The molecule has 0 radical (unpaired) electrons. The molecule has 2 aromatic heterocycles. The number of hydrogen-bond acceptors (Lipinski definition) is 4. The van der Waals surface area contributed by atoms with Crippen molar-refractivity contribution in [2.75, 3.05) is 0 Å². The summed E-state index contributed by atoms with van der Waals surface area (Å²) in [5, 5.41) is 5.67. The standard InChI is InChI=1S/C27H17F3N2O3/c28-27(29,30)25-21-12-13-22-20(14-15-34-22)24(21)32(31-25)18-10-8-17(9-11-18)26(33)35-23-7-3-5-16-4-1-2-6-19(16)23/h1-11,14-15H,12-13H2. The number of ether oxygens (including phenoxy) is 1. The Morgan fingerprint density at radius 3 is 2.51 bits per heavy atom. The topological polar surface area (TPSA) is 57.3 Å². The van der Waals surface area contributed by atoms with Gasteiger partial charge in [-0.3, -0.25) is 0 Å². The molecule has 0 aliphatic heterocycles. The van der Waals surface area contributed by atoms with Crippen LogP contribution in [0.5, 0.6) is 5.75 Å². The second-order valence-electron chi connectivity index (χ2n) is 8.26. The van der Waals surface area contributed by atoms with Crippen LogP contribution in [0.3, 0.4) is 0 Å². The number of rotatable bonds is 3. The number of aryl methyl sites for hydroxylation is 1. The molecule has 174 valence electrons. The summed E-state index contributed by atoms with van der Waals surface area (Å²) >= 11 is 0. The van der Waals surface area contributed by atoms with Gasteiger partial charge in [0.25, 0.3) is 0 Å². The van der Waals surface area contributed by atoms with Crippen molar-refractivity contribution < 1.29 is 27.1 Å². The van der Waals surface area contributed by atoms with Crippen molar-refractivity contribution in [2.24, 2.45) is 0 Å². The van der Waals surface area contributed by atoms with E-state index in [0.29, 0.717) is 34.9 Å². The van der Waals surface area contributed by atoms with Crippen molar-refractivity contribution in [1.82, 2.24) is 9.78 Å². The summed E-state index contributed by atoms with van der Waals surface area (Å²) in [6.07, 6.45) is -2.56. The maximum absolute atomic E-state index is 13.7. The minimum atomic E-state index is -4.58. The van der Waals surface area contributed by atoms with Crippen molar-refractivity contribution in [3.05, 3.63) is 102 Å². The normalized spacial score (nSPS) is 12.9. The summed E-state index contributed by atoms with van der Waals surface area (Å²) in [6, 6.07) is 20.8. The van der Waals surface area contributed by atoms with Gasteiger partial charge in [-0.25, -0.2) is 9.48 Å². The molecule has 5 nitrogen and oxygen atoms in total. The fraction of sp³-hybridized carbons (Fsp3) is 0.111. The molecular weight excluding hydrogens is 457 g/mol. The monoisotopic (exact) mass is 474 g/mol. The van der Waals surface area contributed by atoms with Gasteiger partial charge in [-0.1, -0.05) is 36.4 Å². The third-order valence-electron chi connectivity index (χ3n) is 6.15. The minimum absolute atomic E-state index is 0.144. The smallest absolute Gasteiger partial charge is 0.435 e. The molecule has 0 N–H and O–H groups in total. The van der Waals surface area contributed by atoms with Gasteiger partial charge in [0.15, 0.2) is 5.69 Å². The lowest BCUT2D eigenvalue weighted by Crippen LogP contribution is -2.11. The molecule has 0 saturated heterocycles. The first-order valence-corrected chi connectivity index (χ1v) is 11.0. The highest BCUT2D eigenvalue weighted by Crippen LogP contribution is 2.42. The predicted molar refractivity (Wildman–Crippen MR) is 123 cm³/mol. The minimum Gasteiger partial charge on any atom is -0.469 e. The van der Waals surface area contributed by atoms with Gasteiger partial charge in [0.2, 0.25) is 0 Å². The Labute approximate surface area is 197 Å². The Kier molecular flexibility index (Phi) is 4.77. The zero-order valence-corrected chi connectivity index (χ0v) is 18.2. The Morgan fingerprint density at radius 1 is 0.943 bits per heavy atom. The Morgan fingerprint density at radius 2 is 1.71 bits per heavy atom. The van der Waals surface area contributed by atoms with Gasteiger partial charge >= 0.3 is 12.1 Å². The van der Waals surface area contributed by atoms with E-state index >= 15 is 0 Å². The summed E-state index contributed by atoms with van der Waals surface area (Å²) in [6.45, 7) is 0. The van der Waals surface area contributed by atoms with Crippen LogP contribution in [0.1, 0.15) is 27.4 Å². The summed E-state index contributed by atoms with van der Waals surface area (Å²) < 4.78 is 53.5. The fourth-order valence-electron chi connectivity index (χ4n) is 4.54. The molecule has 1 aliphatic carbocycles. The second kappa shape index (κ2) is 7.87. The van der Waals surface area contributed by atoms with E-state index in [-0.39, 0.29) is 17.5 Å². The number of aromatic nitrogens is 2. The summed E-state index contributed by atoms with van der Waals surface area (Å²) in [7, 11) is 0. The van der Waals surface area contributed by atoms with Crippen molar-refractivity contribution in [2.45, 2.75) is 19.0 Å². The molecule has 0 saturated carbocycles. The average molecular weight is 474 g/mol. The molecule has 0 atom stereocenters. The van der Waals surface area contributed by atoms with Crippen LogP contribution in [0.4, 0.5) is 13.2 Å². The second-order valence-corrected chi connectivity index (χ2v) is 8.26. The Balaban J connectivity index is 1.35. The number of esters is 1. The lowest BCUT2D eigenvalue weighted by molar-refractivity contribution is -0.142. The average Bonchev–Trinajstić information content (AvgIpc) is 3.49. The van der Waals surface area contributed by atoms with Crippen molar-refractivity contribution >= 4 is 16.7 Å². The number of carbonyl (C=O) groups is 1. The summed E-state index contributed by atoms with van der Waals surface area (Å²) in [4.78, 5) is 12.8. The van der Waals surface area contributed by atoms with Crippen molar-refractivity contribution in [3.63, 3.8) is 0 Å². The predicted octanol–water partition coefficient (Wildman–Crippen LogP) is 6.62. The summed E-state index contributed by atoms with van der Waals surface area (Å²) in [5.74, 6) is 0.492. The lowest BCUT2D eigenvalue weighted by Gasteiger charge is -2.15. The van der Waals surface area contributed by atoms with E-state index in [1.165, 1.54) is 23.1 Å². The van der Waals surface area contributed by atoms with Crippen LogP contribution in [0.15, 0.2) is 83.5 Å². The van der Waals surface area contributed by atoms with Gasteiger partial charge in [0.05, 0.1) is 23.2 Å². The van der Waals surface area contributed by atoms with E-state index in [0.717, 1.165) is 10.8 Å². The van der Waals surface area contributed by atoms with Gasteiger partial charge in [-0.2, -0.15) is 18.3 Å². The van der Waals surface area contributed by atoms with E-state index in [4.69, 9.17) is 9.15 Å². The third-order valence-corrected chi connectivity index (χ3v) is 6.15. The van der Waals surface area contributed by atoms with E-state index in [1.807, 2.05) is 30.3 Å². The molecule has 1 aliphatic rings. The van der Waals surface area contributed by atoms with Gasteiger partial charge in [-0.15, -0.1) is 0 Å². The molecule has 5 aromatic rings. The molecule has 3 aromatic carbocycles. The van der Waals surface area contributed by atoms with E-state index in [2.05, 4.69) is 5.10 Å². The molecule has 6 rings (SSSR count). The highest BCUT2D eigenvalue weighted by Gasteiger charge is 2.41. The SMILES string of the molecule is O=C(Oc1cccc2ccccc12)c1ccc(-n2nc(C(F)(F)F)c3c2-c2ccoc2CC3)cc1. The maximum Gasteiger partial charge on any atom is 0.435 e. The molecule has 0 fully saturated rings. The van der Waals surface area contributed by atoms with Crippen LogP contribution in [-0.4, -0.2) is 15.7 Å². The zero-order chi connectivity index (χ0) is 24.2. The molecule has 0 amide bonds. The number of halogens is 3. The van der Waals surface area contributed by atoms with Crippen LogP contribution in [0.25, 0.3) is 27.7 Å². The lowest BCUT2D eigenvalue weighted by atomic mass is 9.94. The van der Waals surface area contributed by atoms with Gasteiger partial charge in [0.1, 0.15) is 11.5 Å². The third kappa shape index (κ3) is 3.58. The quantitative estimate of drug-likeness (QED) is 0.218. The van der Waals surface area contributed by atoms with Crippen LogP contribution in [0, 0.1) is 0 Å². The Hall–Kier alpha value is -4.33. The van der Waals surface area contributed by atoms with E-state index in [9.17, 15) is 18.0 Å². The van der Waals surface area contributed by atoms with Gasteiger partial charge in [-0.05, 0) is 48.2 Å². The first-order chi connectivity index (χ1) is 16.9. The largest absolute Gasteiger partial charge is 0.469 e. The molecule has 0 bridgehead atoms. The number of alkyl halides is 3. The number of hydrogen-bond donors (Lipinski definition) is 0. The maximum atomic E-state index is 13.7. The molecule has 0 spiro atoms. The summed E-state index contributed by atoms with van der Waals surface area (Å²) in [5.41, 5.74) is 0.854. The van der Waals surface area contributed by atoms with E-state index < -0.39 is 17.8 Å². The van der Waals surface area contributed by atoms with Crippen molar-refractivity contribution in [3.8, 4) is 22.7 Å². The van der Waals surface area contributed by atoms with E-state index in [1.54, 1.807) is 30.3 Å². The number of furan rings is 1. The van der Waals surface area contributed by atoms with Crippen LogP contribution < -0.4 is 4.74 Å². The molecule has 35 heavy (non-hydrogen) atoms. The van der Waals surface area contributed by atoms with Crippen LogP contribution >= 0.6 is 0 Å².